The average Bonchev–Trinajstić information content (AvgIpc) is 3.20. The number of pyridine rings is 1. The first-order valence-corrected chi connectivity index (χ1v) is 10.5. The van der Waals surface area contributed by atoms with Gasteiger partial charge in [0.15, 0.2) is 5.76 Å². The predicted molar refractivity (Wildman–Crippen MR) is 113 cm³/mol. The normalized spacial score (nSPS) is 14.1. The van der Waals surface area contributed by atoms with Crippen LogP contribution in [0.5, 0.6) is 0 Å². The molecule has 1 aliphatic carbocycles. The van der Waals surface area contributed by atoms with Gasteiger partial charge in [-0.3, -0.25) is 9.20 Å². The third kappa shape index (κ3) is 2.63. The highest BCUT2D eigenvalue weighted by atomic mass is 32.1. The minimum Gasteiger partial charge on any atom is -0.453 e. The molecule has 0 atom stereocenters. The van der Waals surface area contributed by atoms with Crippen molar-refractivity contribution in [3.63, 3.8) is 0 Å². The lowest BCUT2D eigenvalue weighted by Crippen LogP contribution is -2.00. The topological polar surface area (TPSA) is 60.4 Å². The maximum atomic E-state index is 13.4. The fourth-order valence-electron chi connectivity index (χ4n) is 3.81. The minimum absolute atomic E-state index is 0.0849. The molecular formula is C23H17N3O2S. The van der Waals surface area contributed by atoms with Crippen LogP contribution in [0.1, 0.15) is 45.6 Å². The molecule has 1 saturated carbocycles. The van der Waals surface area contributed by atoms with Gasteiger partial charge in [-0.25, -0.2) is 9.97 Å². The summed E-state index contributed by atoms with van der Waals surface area (Å²) < 4.78 is 7.89. The van der Waals surface area contributed by atoms with Gasteiger partial charge in [0, 0.05) is 17.5 Å². The zero-order chi connectivity index (χ0) is 19.5. The molecule has 0 unspecified atom stereocenters. The number of rotatable bonds is 4. The van der Waals surface area contributed by atoms with Crippen molar-refractivity contribution in [2.24, 2.45) is 0 Å². The largest absolute Gasteiger partial charge is 0.453 e. The minimum atomic E-state index is -0.0849. The molecule has 4 aromatic heterocycles. The maximum absolute atomic E-state index is 13.4. The van der Waals surface area contributed by atoms with Crippen molar-refractivity contribution in [2.75, 3.05) is 0 Å². The summed E-state index contributed by atoms with van der Waals surface area (Å²) in [5.41, 5.74) is 4.38. The number of aryl methyl sites for hydroxylation is 1. The van der Waals surface area contributed by atoms with Crippen LogP contribution in [0.2, 0.25) is 0 Å². The van der Waals surface area contributed by atoms with E-state index in [9.17, 15) is 4.79 Å². The highest BCUT2D eigenvalue weighted by Crippen LogP contribution is 2.45. The molecule has 1 aliphatic rings. The molecule has 0 amide bonds. The van der Waals surface area contributed by atoms with Crippen molar-refractivity contribution in [2.45, 2.75) is 25.7 Å². The third-order valence-corrected chi connectivity index (χ3v) is 6.46. The second kappa shape index (κ2) is 6.12. The Labute approximate surface area is 170 Å². The number of para-hydroxylation sites is 1. The number of fused-ring (bicyclic) bond motifs is 2. The summed E-state index contributed by atoms with van der Waals surface area (Å²) in [4.78, 5) is 23.6. The first-order chi connectivity index (χ1) is 14.2. The number of carbonyl (C=O) groups is 1. The number of furan rings is 1. The van der Waals surface area contributed by atoms with E-state index in [1.54, 1.807) is 0 Å². The Hall–Kier alpha value is -3.25. The Morgan fingerprint density at radius 3 is 2.79 bits per heavy atom. The molecule has 142 valence electrons. The molecule has 0 bridgehead atoms. The van der Waals surface area contributed by atoms with Crippen molar-refractivity contribution in [1.29, 1.82) is 0 Å². The summed E-state index contributed by atoms with van der Waals surface area (Å²) in [5.74, 6) is 0.652. The molecule has 4 heterocycles. The smallest absolute Gasteiger partial charge is 0.240 e. The van der Waals surface area contributed by atoms with Gasteiger partial charge in [0.25, 0.3) is 0 Å². The van der Waals surface area contributed by atoms with Gasteiger partial charge < -0.3 is 4.42 Å². The fourth-order valence-corrected chi connectivity index (χ4v) is 5.00. The quantitative estimate of drug-likeness (QED) is 0.368. The van der Waals surface area contributed by atoms with Crippen LogP contribution >= 0.6 is 11.3 Å². The van der Waals surface area contributed by atoms with Gasteiger partial charge in [-0.2, -0.15) is 0 Å². The van der Waals surface area contributed by atoms with Gasteiger partial charge in [-0.15, -0.1) is 11.3 Å². The molecule has 6 heteroatoms. The van der Waals surface area contributed by atoms with Crippen LogP contribution in [0.4, 0.5) is 0 Å². The summed E-state index contributed by atoms with van der Waals surface area (Å²) in [6.45, 7) is 1.99. The number of hydrogen-bond donors (Lipinski definition) is 0. The molecule has 1 fully saturated rings. The number of hydrogen-bond acceptors (Lipinski definition) is 5. The van der Waals surface area contributed by atoms with E-state index < -0.39 is 0 Å². The zero-order valence-corrected chi connectivity index (χ0v) is 16.6. The summed E-state index contributed by atoms with van der Waals surface area (Å²) in [7, 11) is 0. The SMILES string of the molecule is Cc1nc2ccccn2c1-c1nc(C2CC2)c(C(=O)c2cc3ccccc3o2)s1. The number of thiazole rings is 1. The van der Waals surface area contributed by atoms with Crippen LogP contribution in [0.25, 0.3) is 27.3 Å². The first-order valence-electron chi connectivity index (χ1n) is 9.67. The number of nitrogens with zero attached hydrogens (tertiary/aromatic N) is 3. The van der Waals surface area contributed by atoms with E-state index in [0.717, 1.165) is 51.5 Å². The van der Waals surface area contributed by atoms with E-state index >= 15 is 0 Å². The first kappa shape index (κ1) is 16.7. The molecular weight excluding hydrogens is 382 g/mol. The Balaban J connectivity index is 1.50. The van der Waals surface area contributed by atoms with Crippen LogP contribution in [-0.4, -0.2) is 20.2 Å². The Morgan fingerprint density at radius 1 is 1.14 bits per heavy atom. The van der Waals surface area contributed by atoms with Crippen molar-refractivity contribution < 1.29 is 9.21 Å². The fraction of sp³-hybridized carbons (Fsp3) is 0.174. The predicted octanol–water partition coefficient (Wildman–Crippen LogP) is 5.62. The number of aromatic nitrogens is 3. The molecule has 5 aromatic rings. The lowest BCUT2D eigenvalue weighted by atomic mass is 10.1. The van der Waals surface area contributed by atoms with E-state index in [4.69, 9.17) is 9.40 Å². The molecule has 0 radical (unpaired) electrons. The average molecular weight is 399 g/mol. The van der Waals surface area contributed by atoms with Crippen LogP contribution in [0.3, 0.4) is 0 Å². The molecule has 0 aliphatic heterocycles. The van der Waals surface area contributed by atoms with E-state index in [1.807, 2.05) is 66.1 Å². The van der Waals surface area contributed by atoms with Crippen LogP contribution < -0.4 is 0 Å². The van der Waals surface area contributed by atoms with E-state index in [-0.39, 0.29) is 5.78 Å². The standard InChI is InChI=1S/C23H17N3O2S/c1-13-20(26-11-5-4-8-18(26)24-13)23-25-19(14-9-10-14)22(29-23)21(27)17-12-15-6-2-3-7-16(15)28-17/h2-8,11-12,14H,9-10H2,1H3. The Kier molecular flexibility index (Phi) is 3.52. The van der Waals surface area contributed by atoms with Crippen molar-refractivity contribution in [1.82, 2.24) is 14.4 Å². The molecule has 6 rings (SSSR count). The Bertz CT molecular complexity index is 1370. The summed E-state index contributed by atoms with van der Waals surface area (Å²) in [6.07, 6.45) is 4.15. The van der Waals surface area contributed by atoms with Crippen LogP contribution in [-0.2, 0) is 0 Å². The van der Waals surface area contributed by atoms with Gasteiger partial charge in [-0.05, 0) is 44.0 Å². The van der Waals surface area contributed by atoms with Crippen molar-refractivity contribution in [3.05, 3.63) is 76.8 Å². The molecule has 5 nitrogen and oxygen atoms in total. The van der Waals surface area contributed by atoms with E-state index in [0.29, 0.717) is 16.6 Å². The maximum Gasteiger partial charge on any atom is 0.240 e. The summed E-state index contributed by atoms with van der Waals surface area (Å²) >= 11 is 1.45. The molecule has 29 heavy (non-hydrogen) atoms. The lowest BCUT2D eigenvalue weighted by Gasteiger charge is -1.98. The highest BCUT2D eigenvalue weighted by Gasteiger charge is 2.34. The van der Waals surface area contributed by atoms with E-state index in [1.165, 1.54) is 11.3 Å². The van der Waals surface area contributed by atoms with Crippen LogP contribution in [0.15, 0.2) is 59.1 Å². The second-order valence-corrected chi connectivity index (χ2v) is 8.46. The highest BCUT2D eigenvalue weighted by molar-refractivity contribution is 7.17. The molecule has 1 aromatic carbocycles. The summed E-state index contributed by atoms with van der Waals surface area (Å²) in [5, 5.41) is 1.77. The third-order valence-electron chi connectivity index (χ3n) is 5.38. The number of benzene rings is 1. The van der Waals surface area contributed by atoms with E-state index in [2.05, 4.69) is 4.98 Å². The summed E-state index contributed by atoms with van der Waals surface area (Å²) in [6, 6.07) is 15.5. The van der Waals surface area contributed by atoms with Crippen molar-refractivity contribution in [3.8, 4) is 10.7 Å². The van der Waals surface area contributed by atoms with Gasteiger partial charge in [-0.1, -0.05) is 24.3 Å². The number of imidazole rings is 1. The van der Waals surface area contributed by atoms with Gasteiger partial charge >= 0.3 is 0 Å². The Morgan fingerprint density at radius 2 is 1.97 bits per heavy atom. The molecule has 0 spiro atoms. The molecule has 0 saturated heterocycles. The van der Waals surface area contributed by atoms with Gasteiger partial charge in [0.05, 0.1) is 11.4 Å². The van der Waals surface area contributed by atoms with Crippen LogP contribution in [0, 0.1) is 6.92 Å². The lowest BCUT2D eigenvalue weighted by molar-refractivity contribution is 0.101. The zero-order valence-electron chi connectivity index (χ0n) is 15.8. The monoisotopic (exact) mass is 399 g/mol. The van der Waals surface area contributed by atoms with Gasteiger partial charge in [0.2, 0.25) is 5.78 Å². The second-order valence-electron chi connectivity index (χ2n) is 7.46. The molecule has 0 N–H and O–H groups in total. The van der Waals surface area contributed by atoms with Gasteiger partial charge in [0.1, 0.15) is 26.8 Å². The number of carbonyl (C=O) groups excluding carboxylic acids is 1. The van der Waals surface area contributed by atoms with Crippen molar-refractivity contribution >= 4 is 33.7 Å². The number of ketones is 1.